The molecule has 1 aliphatic heterocycles. The standard InChI is InChI=1S/C9H8BrN3O/c10-7-3-1-2-6(4-7)8-5-11-9(14)13-12-8/h1-4H,5H2,(H2,11,13,14). The highest BCUT2D eigenvalue weighted by molar-refractivity contribution is 9.10. The Kier molecular flexibility index (Phi) is 2.49. The average molecular weight is 254 g/mol. The molecule has 0 saturated carbocycles. The molecule has 0 fully saturated rings. The van der Waals surface area contributed by atoms with Gasteiger partial charge in [-0.05, 0) is 12.1 Å². The summed E-state index contributed by atoms with van der Waals surface area (Å²) in [5.41, 5.74) is 4.19. The Morgan fingerprint density at radius 2 is 2.29 bits per heavy atom. The van der Waals surface area contributed by atoms with Crippen molar-refractivity contribution >= 4 is 27.7 Å². The quantitative estimate of drug-likeness (QED) is 0.783. The lowest BCUT2D eigenvalue weighted by atomic mass is 10.1. The van der Waals surface area contributed by atoms with Gasteiger partial charge in [-0.3, -0.25) is 0 Å². The number of rotatable bonds is 1. The van der Waals surface area contributed by atoms with Gasteiger partial charge in [0.25, 0.3) is 0 Å². The number of nitrogens with one attached hydrogen (secondary N) is 2. The molecule has 1 aromatic rings. The average Bonchev–Trinajstić information content (AvgIpc) is 2.19. The molecular weight excluding hydrogens is 246 g/mol. The Morgan fingerprint density at radius 1 is 1.43 bits per heavy atom. The van der Waals surface area contributed by atoms with Crippen LogP contribution in [0.15, 0.2) is 33.8 Å². The number of carbonyl (C=O) groups excluding carboxylic acids is 1. The predicted molar refractivity (Wildman–Crippen MR) is 57.2 cm³/mol. The first-order valence-electron chi connectivity index (χ1n) is 4.12. The van der Waals surface area contributed by atoms with Gasteiger partial charge in [0, 0.05) is 10.0 Å². The fraction of sp³-hybridized carbons (Fsp3) is 0.111. The largest absolute Gasteiger partial charge is 0.335 e. The maximum atomic E-state index is 10.8. The molecule has 4 nitrogen and oxygen atoms in total. The molecule has 14 heavy (non-hydrogen) atoms. The first kappa shape index (κ1) is 9.21. The van der Waals surface area contributed by atoms with E-state index in [1.54, 1.807) is 0 Å². The fourth-order valence-electron chi connectivity index (χ4n) is 1.20. The Morgan fingerprint density at radius 3 is 2.93 bits per heavy atom. The van der Waals surface area contributed by atoms with E-state index in [2.05, 4.69) is 31.8 Å². The van der Waals surface area contributed by atoms with Crippen molar-refractivity contribution in [1.82, 2.24) is 10.7 Å². The summed E-state index contributed by atoms with van der Waals surface area (Å²) in [6.45, 7) is 0.461. The van der Waals surface area contributed by atoms with Gasteiger partial charge < -0.3 is 5.32 Å². The van der Waals surface area contributed by atoms with Crippen molar-refractivity contribution in [1.29, 1.82) is 0 Å². The molecule has 2 N–H and O–H groups in total. The minimum absolute atomic E-state index is 0.260. The maximum absolute atomic E-state index is 10.8. The molecule has 72 valence electrons. The first-order chi connectivity index (χ1) is 6.75. The number of nitrogens with zero attached hydrogens (tertiary/aromatic N) is 1. The van der Waals surface area contributed by atoms with Crippen molar-refractivity contribution in [2.75, 3.05) is 6.54 Å². The van der Waals surface area contributed by atoms with Crippen molar-refractivity contribution in [3.8, 4) is 0 Å². The number of urea groups is 1. The lowest BCUT2D eigenvalue weighted by Crippen LogP contribution is -2.42. The van der Waals surface area contributed by atoms with E-state index in [9.17, 15) is 4.79 Å². The summed E-state index contributed by atoms with van der Waals surface area (Å²) in [6.07, 6.45) is 0. The van der Waals surface area contributed by atoms with Crippen LogP contribution in [0.25, 0.3) is 0 Å². The summed E-state index contributed by atoms with van der Waals surface area (Å²) in [5.74, 6) is 0. The summed E-state index contributed by atoms with van der Waals surface area (Å²) < 4.78 is 0.995. The molecule has 0 aliphatic carbocycles. The van der Waals surface area contributed by atoms with Crippen LogP contribution in [0.3, 0.4) is 0 Å². The minimum atomic E-state index is -0.260. The van der Waals surface area contributed by atoms with Gasteiger partial charge in [0.1, 0.15) is 0 Å². The molecule has 2 amide bonds. The minimum Gasteiger partial charge on any atom is -0.331 e. The van der Waals surface area contributed by atoms with Gasteiger partial charge in [-0.2, -0.15) is 5.10 Å². The number of amides is 2. The lowest BCUT2D eigenvalue weighted by molar-refractivity contribution is 0.241. The molecule has 0 saturated heterocycles. The van der Waals surface area contributed by atoms with E-state index >= 15 is 0 Å². The molecule has 2 rings (SSSR count). The van der Waals surface area contributed by atoms with Gasteiger partial charge in [0.2, 0.25) is 0 Å². The van der Waals surface area contributed by atoms with Crippen molar-refractivity contribution in [2.24, 2.45) is 5.10 Å². The lowest BCUT2D eigenvalue weighted by Gasteiger charge is -2.13. The SMILES string of the molecule is O=C1NCC(c2cccc(Br)c2)=NN1. The van der Waals surface area contributed by atoms with E-state index in [-0.39, 0.29) is 6.03 Å². The van der Waals surface area contributed by atoms with E-state index in [1.807, 2.05) is 24.3 Å². The highest BCUT2D eigenvalue weighted by Crippen LogP contribution is 2.12. The molecule has 0 spiro atoms. The summed E-state index contributed by atoms with van der Waals surface area (Å²) in [7, 11) is 0. The van der Waals surface area contributed by atoms with Crippen LogP contribution in [-0.4, -0.2) is 18.3 Å². The zero-order chi connectivity index (χ0) is 9.97. The van der Waals surface area contributed by atoms with Crippen molar-refractivity contribution in [2.45, 2.75) is 0 Å². The number of benzene rings is 1. The van der Waals surface area contributed by atoms with Gasteiger partial charge in [-0.1, -0.05) is 28.1 Å². The van der Waals surface area contributed by atoms with Crippen LogP contribution in [0, 0.1) is 0 Å². The third-order valence-corrected chi connectivity index (χ3v) is 2.36. The first-order valence-corrected chi connectivity index (χ1v) is 4.91. The molecule has 0 bridgehead atoms. The van der Waals surface area contributed by atoms with Crippen molar-refractivity contribution in [3.05, 3.63) is 34.3 Å². The Hall–Kier alpha value is -1.36. The number of hydrogen-bond donors (Lipinski definition) is 2. The molecule has 1 aliphatic rings. The third-order valence-electron chi connectivity index (χ3n) is 1.87. The molecule has 0 radical (unpaired) electrons. The van der Waals surface area contributed by atoms with Gasteiger partial charge in [-0.25, -0.2) is 10.2 Å². The Labute approximate surface area is 89.5 Å². The third kappa shape index (κ3) is 1.93. The normalized spacial score (nSPS) is 15.5. The Bertz CT molecular complexity index is 403. The van der Waals surface area contributed by atoms with Crippen LogP contribution < -0.4 is 10.7 Å². The number of carbonyl (C=O) groups is 1. The van der Waals surface area contributed by atoms with Crippen LogP contribution in [0.5, 0.6) is 0 Å². The van der Waals surface area contributed by atoms with E-state index in [4.69, 9.17) is 0 Å². The predicted octanol–water partition coefficient (Wildman–Crippen LogP) is 1.47. The summed E-state index contributed by atoms with van der Waals surface area (Å²) >= 11 is 3.38. The second-order valence-electron chi connectivity index (χ2n) is 2.86. The van der Waals surface area contributed by atoms with E-state index < -0.39 is 0 Å². The van der Waals surface area contributed by atoms with Crippen molar-refractivity contribution in [3.63, 3.8) is 0 Å². The molecule has 1 aromatic carbocycles. The van der Waals surface area contributed by atoms with E-state index in [0.717, 1.165) is 15.7 Å². The van der Waals surface area contributed by atoms with Crippen LogP contribution in [0.2, 0.25) is 0 Å². The molecule has 0 atom stereocenters. The van der Waals surface area contributed by atoms with E-state index in [1.165, 1.54) is 0 Å². The van der Waals surface area contributed by atoms with Gasteiger partial charge in [0.15, 0.2) is 0 Å². The van der Waals surface area contributed by atoms with Crippen LogP contribution in [0.1, 0.15) is 5.56 Å². The number of hydrogen-bond acceptors (Lipinski definition) is 2. The molecule has 1 heterocycles. The molecular formula is C9H8BrN3O. The summed E-state index contributed by atoms with van der Waals surface area (Å²) in [4.78, 5) is 10.8. The van der Waals surface area contributed by atoms with Crippen LogP contribution in [0.4, 0.5) is 4.79 Å². The molecule has 0 aromatic heterocycles. The maximum Gasteiger partial charge on any atom is 0.335 e. The highest BCUT2D eigenvalue weighted by Gasteiger charge is 2.11. The Balaban J connectivity index is 2.27. The summed E-state index contributed by atoms with van der Waals surface area (Å²) in [5, 5.41) is 6.61. The summed E-state index contributed by atoms with van der Waals surface area (Å²) in [6, 6.07) is 7.52. The fourth-order valence-corrected chi connectivity index (χ4v) is 1.60. The van der Waals surface area contributed by atoms with Gasteiger partial charge >= 0.3 is 6.03 Å². The van der Waals surface area contributed by atoms with Gasteiger partial charge in [0.05, 0.1) is 12.3 Å². The zero-order valence-electron chi connectivity index (χ0n) is 7.25. The molecule has 0 unspecified atom stereocenters. The zero-order valence-corrected chi connectivity index (χ0v) is 8.84. The molecule has 5 heteroatoms. The smallest absolute Gasteiger partial charge is 0.331 e. The topological polar surface area (TPSA) is 53.5 Å². The van der Waals surface area contributed by atoms with Crippen LogP contribution in [-0.2, 0) is 0 Å². The van der Waals surface area contributed by atoms with Crippen LogP contribution >= 0.6 is 15.9 Å². The van der Waals surface area contributed by atoms with E-state index in [0.29, 0.717) is 6.54 Å². The van der Waals surface area contributed by atoms with Crippen molar-refractivity contribution < 1.29 is 4.79 Å². The number of halogens is 1. The second kappa shape index (κ2) is 3.79. The second-order valence-corrected chi connectivity index (χ2v) is 3.78. The highest BCUT2D eigenvalue weighted by atomic mass is 79.9. The van der Waals surface area contributed by atoms with Gasteiger partial charge in [-0.15, -0.1) is 0 Å². The number of hydrazone groups is 1. The monoisotopic (exact) mass is 253 g/mol.